The van der Waals surface area contributed by atoms with E-state index in [-0.39, 0.29) is 5.91 Å². The molecule has 7 nitrogen and oxygen atoms in total. The van der Waals surface area contributed by atoms with Gasteiger partial charge in [0.05, 0.1) is 17.5 Å². The summed E-state index contributed by atoms with van der Waals surface area (Å²) < 4.78 is 2.95. The number of nitrogens with one attached hydrogen (secondary N) is 2. The van der Waals surface area contributed by atoms with E-state index in [1.54, 1.807) is 0 Å². The maximum Gasteiger partial charge on any atom is 0.253 e. The van der Waals surface area contributed by atoms with Crippen molar-refractivity contribution in [2.24, 2.45) is 5.10 Å². The predicted molar refractivity (Wildman–Crippen MR) is 155 cm³/mol. The highest BCUT2D eigenvalue weighted by Gasteiger charge is 2.21. The molecule has 4 rings (SSSR count). The number of halogens is 2. The van der Waals surface area contributed by atoms with Gasteiger partial charge in [-0.25, -0.2) is 5.43 Å². The molecular formula is C27H26BrClN6OS. The zero-order valence-electron chi connectivity index (χ0n) is 20.6. The topological polar surface area (TPSA) is 84.2 Å². The normalized spacial score (nSPS) is 12.3. The maximum atomic E-state index is 12.8. The number of carbonyl (C=O) groups is 1. The molecule has 2 N–H and O–H groups in total. The van der Waals surface area contributed by atoms with Gasteiger partial charge in [0, 0.05) is 20.9 Å². The van der Waals surface area contributed by atoms with E-state index in [2.05, 4.69) is 42.0 Å². The van der Waals surface area contributed by atoms with Crippen LogP contribution < -0.4 is 10.7 Å². The summed E-state index contributed by atoms with van der Waals surface area (Å²) in [6.07, 6.45) is 0. The van der Waals surface area contributed by atoms with Gasteiger partial charge in [0.1, 0.15) is 0 Å². The summed E-state index contributed by atoms with van der Waals surface area (Å²) in [4.78, 5) is 12.8. The molecule has 0 bridgehead atoms. The fraction of sp³-hybridized carbons (Fsp3) is 0.185. The SMILES string of the molecule is CC(=NNC(=O)C(C)Sc1nnc(CNc2ccc(Cl)cc2C)n1-c1ccccc1)c1ccc(Br)cc1. The largest absolute Gasteiger partial charge is 0.378 e. The number of rotatable bonds is 9. The molecule has 0 aliphatic rings. The number of aryl methyl sites for hydroxylation is 1. The van der Waals surface area contributed by atoms with E-state index in [0.717, 1.165) is 38.5 Å². The molecule has 0 aliphatic heterocycles. The highest BCUT2D eigenvalue weighted by molar-refractivity contribution is 9.10. The van der Waals surface area contributed by atoms with Crippen LogP contribution in [0.3, 0.4) is 0 Å². The Morgan fingerprint density at radius 1 is 1.11 bits per heavy atom. The molecule has 1 atom stereocenters. The summed E-state index contributed by atoms with van der Waals surface area (Å²) in [5, 5.41) is 17.4. The van der Waals surface area contributed by atoms with Crippen molar-refractivity contribution >= 4 is 56.6 Å². The molecule has 1 aromatic heterocycles. The first kappa shape index (κ1) is 26.9. The molecule has 3 aromatic carbocycles. The lowest BCUT2D eigenvalue weighted by Crippen LogP contribution is -2.28. The van der Waals surface area contributed by atoms with E-state index < -0.39 is 5.25 Å². The van der Waals surface area contributed by atoms with Crippen LogP contribution in [0.2, 0.25) is 5.02 Å². The number of nitrogens with zero attached hydrogens (tertiary/aromatic N) is 4. The number of thioether (sulfide) groups is 1. The monoisotopic (exact) mass is 596 g/mol. The maximum absolute atomic E-state index is 12.8. The minimum atomic E-state index is -0.451. The van der Waals surface area contributed by atoms with E-state index in [1.165, 1.54) is 11.8 Å². The zero-order valence-corrected chi connectivity index (χ0v) is 23.7. The highest BCUT2D eigenvalue weighted by Crippen LogP contribution is 2.27. The molecule has 0 radical (unpaired) electrons. The van der Waals surface area contributed by atoms with Crippen LogP contribution in [0.4, 0.5) is 5.69 Å². The third kappa shape index (κ3) is 7.00. The van der Waals surface area contributed by atoms with Crippen LogP contribution in [0.25, 0.3) is 5.69 Å². The van der Waals surface area contributed by atoms with Crippen LogP contribution in [0.15, 0.2) is 87.5 Å². The lowest BCUT2D eigenvalue weighted by atomic mass is 10.1. The Balaban J connectivity index is 1.50. The van der Waals surface area contributed by atoms with Crippen LogP contribution in [0.5, 0.6) is 0 Å². The summed E-state index contributed by atoms with van der Waals surface area (Å²) in [5.74, 6) is 0.500. The third-order valence-corrected chi connectivity index (χ3v) is 7.39. The molecule has 0 saturated carbocycles. The Hall–Kier alpha value is -3.14. The van der Waals surface area contributed by atoms with Gasteiger partial charge in [0.25, 0.3) is 5.91 Å². The number of benzene rings is 3. The van der Waals surface area contributed by atoms with Crippen molar-refractivity contribution in [2.45, 2.75) is 37.7 Å². The van der Waals surface area contributed by atoms with E-state index >= 15 is 0 Å². The molecule has 0 spiro atoms. The second-order valence-corrected chi connectivity index (χ2v) is 11.0. The molecule has 0 fully saturated rings. The quantitative estimate of drug-likeness (QED) is 0.129. The molecule has 4 aromatic rings. The Morgan fingerprint density at radius 2 is 1.84 bits per heavy atom. The molecule has 1 unspecified atom stereocenters. The standard InChI is InChI=1S/C27H26BrClN6OS/c1-17-15-22(29)13-14-24(17)30-16-25-32-34-27(35(25)23-7-5-4-6-8-23)37-19(3)26(36)33-31-18(2)20-9-11-21(28)12-10-20/h4-15,19,30H,16H2,1-3H3,(H,33,36). The van der Waals surface area contributed by atoms with Gasteiger partial charge >= 0.3 is 0 Å². The van der Waals surface area contributed by atoms with E-state index in [9.17, 15) is 4.79 Å². The summed E-state index contributed by atoms with van der Waals surface area (Å²) in [6.45, 7) is 6.12. The average molecular weight is 598 g/mol. The van der Waals surface area contributed by atoms with Crippen molar-refractivity contribution in [3.8, 4) is 5.69 Å². The van der Waals surface area contributed by atoms with Crippen LogP contribution in [-0.4, -0.2) is 31.6 Å². The first-order chi connectivity index (χ1) is 17.8. The Morgan fingerprint density at radius 3 is 2.54 bits per heavy atom. The zero-order chi connectivity index (χ0) is 26.4. The molecule has 0 saturated heterocycles. The molecule has 190 valence electrons. The van der Waals surface area contributed by atoms with Gasteiger partial charge in [-0.2, -0.15) is 5.10 Å². The Bertz CT molecular complexity index is 1410. The number of aromatic nitrogens is 3. The highest BCUT2D eigenvalue weighted by atomic mass is 79.9. The molecule has 37 heavy (non-hydrogen) atoms. The minimum absolute atomic E-state index is 0.222. The van der Waals surface area contributed by atoms with Crippen LogP contribution >= 0.6 is 39.3 Å². The van der Waals surface area contributed by atoms with Gasteiger partial charge in [-0.3, -0.25) is 9.36 Å². The first-order valence-electron chi connectivity index (χ1n) is 11.6. The van der Waals surface area contributed by atoms with Gasteiger partial charge in [-0.05, 0) is 74.4 Å². The van der Waals surface area contributed by atoms with E-state index in [0.29, 0.717) is 16.7 Å². The lowest BCUT2D eigenvalue weighted by molar-refractivity contribution is -0.120. The predicted octanol–water partition coefficient (Wildman–Crippen LogP) is 6.62. The fourth-order valence-corrected chi connectivity index (χ4v) is 4.90. The number of para-hydroxylation sites is 1. The Labute approximate surface area is 233 Å². The van der Waals surface area contributed by atoms with Gasteiger partial charge in [0.15, 0.2) is 11.0 Å². The van der Waals surface area contributed by atoms with Crippen molar-refractivity contribution in [3.63, 3.8) is 0 Å². The molecule has 1 heterocycles. The fourth-order valence-electron chi connectivity index (χ4n) is 3.52. The van der Waals surface area contributed by atoms with E-state index in [4.69, 9.17) is 11.6 Å². The van der Waals surface area contributed by atoms with Gasteiger partial charge in [-0.15, -0.1) is 10.2 Å². The molecule has 0 aliphatic carbocycles. The third-order valence-electron chi connectivity index (χ3n) is 5.59. The molecule has 10 heteroatoms. The molecule has 1 amide bonds. The van der Waals surface area contributed by atoms with Crippen molar-refractivity contribution in [1.29, 1.82) is 0 Å². The number of carbonyl (C=O) groups excluding carboxylic acids is 1. The van der Waals surface area contributed by atoms with Crippen LogP contribution in [0.1, 0.15) is 30.8 Å². The van der Waals surface area contributed by atoms with Crippen molar-refractivity contribution in [3.05, 3.63) is 99.2 Å². The average Bonchev–Trinajstić information content (AvgIpc) is 3.29. The summed E-state index contributed by atoms with van der Waals surface area (Å²) in [6, 6.07) is 23.3. The number of anilines is 1. The molecular weight excluding hydrogens is 572 g/mol. The smallest absolute Gasteiger partial charge is 0.253 e. The Kier molecular flexibility index (Phi) is 9.02. The lowest BCUT2D eigenvalue weighted by Gasteiger charge is -2.14. The number of hydrogen-bond acceptors (Lipinski definition) is 6. The number of hydrazone groups is 1. The van der Waals surface area contributed by atoms with Gasteiger partial charge in [0.2, 0.25) is 0 Å². The number of hydrogen-bond donors (Lipinski definition) is 2. The van der Waals surface area contributed by atoms with Gasteiger partial charge in [-0.1, -0.05) is 69.6 Å². The summed E-state index contributed by atoms with van der Waals surface area (Å²) in [7, 11) is 0. The first-order valence-corrected chi connectivity index (χ1v) is 13.6. The van der Waals surface area contributed by atoms with Gasteiger partial charge < -0.3 is 5.32 Å². The second-order valence-electron chi connectivity index (χ2n) is 8.32. The van der Waals surface area contributed by atoms with Crippen molar-refractivity contribution in [2.75, 3.05) is 5.32 Å². The van der Waals surface area contributed by atoms with Crippen LogP contribution in [-0.2, 0) is 11.3 Å². The summed E-state index contributed by atoms with van der Waals surface area (Å²) in [5.41, 5.74) is 7.24. The second kappa shape index (κ2) is 12.4. The van der Waals surface area contributed by atoms with Crippen LogP contribution in [0, 0.1) is 6.92 Å². The minimum Gasteiger partial charge on any atom is -0.378 e. The van der Waals surface area contributed by atoms with E-state index in [1.807, 2.05) is 98.1 Å². The van der Waals surface area contributed by atoms with Crippen molar-refractivity contribution in [1.82, 2.24) is 20.2 Å². The van der Waals surface area contributed by atoms with Crippen molar-refractivity contribution < 1.29 is 4.79 Å². The summed E-state index contributed by atoms with van der Waals surface area (Å²) >= 11 is 10.8. The number of amides is 1.